The van der Waals surface area contributed by atoms with Crippen molar-refractivity contribution in [2.75, 3.05) is 26.2 Å². The van der Waals surface area contributed by atoms with Gasteiger partial charge in [0.05, 0.1) is 19.7 Å². The van der Waals surface area contributed by atoms with Crippen LogP contribution in [-0.2, 0) is 11.3 Å². The minimum absolute atomic E-state index is 0.0266. The number of aliphatic imine (C=N–C) groups is 1. The molecule has 144 valence electrons. The molecule has 6 nitrogen and oxygen atoms in total. The highest BCUT2D eigenvalue weighted by Crippen LogP contribution is 2.30. The molecule has 2 rings (SSSR count). The molecule has 0 aromatic heterocycles. The monoisotopic (exact) mass is 360 g/mol. The first-order chi connectivity index (χ1) is 12.6. The van der Waals surface area contributed by atoms with Gasteiger partial charge in [-0.15, -0.1) is 0 Å². The lowest BCUT2D eigenvalue weighted by molar-refractivity contribution is -0.120. The van der Waals surface area contributed by atoms with Crippen LogP contribution in [0.5, 0.6) is 5.75 Å². The van der Waals surface area contributed by atoms with E-state index in [0.717, 1.165) is 30.9 Å². The molecular formula is C20H32N4O2. The summed E-state index contributed by atoms with van der Waals surface area (Å²) >= 11 is 0. The quantitative estimate of drug-likeness (QED) is 0.442. The highest BCUT2D eigenvalue weighted by molar-refractivity contribution is 5.86. The number of hydrogen-bond donors (Lipinski definition) is 3. The fourth-order valence-corrected chi connectivity index (χ4v) is 2.42. The van der Waals surface area contributed by atoms with E-state index in [1.54, 1.807) is 0 Å². The summed E-state index contributed by atoms with van der Waals surface area (Å²) in [6.45, 7) is 9.04. The van der Waals surface area contributed by atoms with E-state index in [9.17, 15) is 4.79 Å². The smallest absolute Gasteiger partial charge is 0.239 e. The fourth-order valence-electron chi connectivity index (χ4n) is 2.42. The normalized spacial score (nSPS) is 14.0. The predicted molar refractivity (Wildman–Crippen MR) is 106 cm³/mol. The summed E-state index contributed by atoms with van der Waals surface area (Å²) in [5.74, 6) is 2.23. The first-order valence-electron chi connectivity index (χ1n) is 9.63. The second-order valence-electron chi connectivity index (χ2n) is 6.76. The average Bonchev–Trinajstić information content (AvgIpc) is 3.46. The molecule has 1 aliphatic rings. The van der Waals surface area contributed by atoms with Gasteiger partial charge in [-0.2, -0.15) is 0 Å². The molecule has 0 unspecified atom stereocenters. The summed E-state index contributed by atoms with van der Waals surface area (Å²) in [6, 6.07) is 6.22. The van der Waals surface area contributed by atoms with Crippen LogP contribution < -0.4 is 20.7 Å². The Balaban J connectivity index is 1.95. The second kappa shape index (κ2) is 10.7. The number of guanidine groups is 1. The van der Waals surface area contributed by atoms with Gasteiger partial charge in [-0.25, -0.2) is 4.99 Å². The van der Waals surface area contributed by atoms with Crippen molar-refractivity contribution in [1.82, 2.24) is 16.0 Å². The van der Waals surface area contributed by atoms with Gasteiger partial charge in [-0.3, -0.25) is 4.79 Å². The van der Waals surface area contributed by atoms with Crippen LogP contribution >= 0.6 is 0 Å². The zero-order valence-corrected chi connectivity index (χ0v) is 16.2. The Labute approximate surface area is 156 Å². The Hall–Kier alpha value is -2.24. The highest BCUT2D eigenvalue weighted by Gasteiger charge is 2.22. The number of ether oxygens (including phenoxy) is 1. The number of rotatable bonds is 10. The molecule has 0 radical (unpaired) electrons. The molecule has 1 aliphatic carbocycles. The summed E-state index contributed by atoms with van der Waals surface area (Å²) in [4.78, 5) is 16.4. The maximum absolute atomic E-state index is 11.8. The standard InChI is InChI=1S/C20H32N4O2/c1-4-10-22-19(25)13-24-20(21-5-2)23-12-17-9-6-15(3)11-18(17)26-14-16-7-8-16/h6,9,11,16H,4-5,7-8,10,12-14H2,1-3H3,(H,22,25)(H2,21,23,24). The number of nitrogens with zero attached hydrogens (tertiary/aromatic N) is 1. The van der Waals surface area contributed by atoms with Crippen molar-refractivity contribution in [2.24, 2.45) is 10.9 Å². The first kappa shape index (κ1) is 20.1. The Morgan fingerprint density at radius 2 is 2.04 bits per heavy atom. The SMILES string of the molecule is CCCNC(=O)CNC(=NCc1ccc(C)cc1OCC1CC1)NCC. The minimum atomic E-state index is -0.0266. The molecule has 0 heterocycles. The highest BCUT2D eigenvalue weighted by atomic mass is 16.5. The topological polar surface area (TPSA) is 74.8 Å². The maximum atomic E-state index is 11.8. The molecule has 1 saturated carbocycles. The van der Waals surface area contributed by atoms with Crippen molar-refractivity contribution in [3.63, 3.8) is 0 Å². The van der Waals surface area contributed by atoms with E-state index < -0.39 is 0 Å². The molecule has 1 aromatic carbocycles. The van der Waals surface area contributed by atoms with Gasteiger partial charge < -0.3 is 20.7 Å². The Bertz CT molecular complexity index is 612. The van der Waals surface area contributed by atoms with Crippen LogP contribution in [0.3, 0.4) is 0 Å². The Morgan fingerprint density at radius 3 is 2.73 bits per heavy atom. The van der Waals surface area contributed by atoms with Gasteiger partial charge in [0.15, 0.2) is 5.96 Å². The van der Waals surface area contributed by atoms with E-state index in [2.05, 4.69) is 46.1 Å². The number of nitrogens with one attached hydrogen (secondary N) is 3. The average molecular weight is 361 g/mol. The molecule has 0 atom stereocenters. The third kappa shape index (κ3) is 7.33. The van der Waals surface area contributed by atoms with E-state index in [1.165, 1.54) is 18.4 Å². The number of aryl methyl sites for hydroxylation is 1. The molecule has 6 heteroatoms. The van der Waals surface area contributed by atoms with E-state index in [-0.39, 0.29) is 12.5 Å². The van der Waals surface area contributed by atoms with Gasteiger partial charge in [0.2, 0.25) is 5.91 Å². The van der Waals surface area contributed by atoms with E-state index in [4.69, 9.17) is 4.74 Å². The molecular weight excluding hydrogens is 328 g/mol. The molecule has 0 aliphatic heterocycles. The number of carbonyl (C=O) groups is 1. The molecule has 1 aromatic rings. The zero-order valence-electron chi connectivity index (χ0n) is 16.2. The van der Waals surface area contributed by atoms with E-state index >= 15 is 0 Å². The number of hydrogen-bond acceptors (Lipinski definition) is 3. The van der Waals surface area contributed by atoms with Gasteiger partial charge in [0, 0.05) is 18.7 Å². The molecule has 1 amide bonds. The minimum Gasteiger partial charge on any atom is -0.493 e. The number of amides is 1. The first-order valence-corrected chi connectivity index (χ1v) is 9.63. The lowest BCUT2D eigenvalue weighted by Gasteiger charge is -2.13. The van der Waals surface area contributed by atoms with Crippen molar-refractivity contribution in [1.29, 1.82) is 0 Å². The predicted octanol–water partition coefficient (Wildman–Crippen LogP) is 2.37. The molecule has 1 fully saturated rings. The molecule has 0 saturated heterocycles. The van der Waals surface area contributed by atoms with Crippen LogP contribution in [-0.4, -0.2) is 38.1 Å². The Kier molecular flexibility index (Phi) is 8.25. The molecule has 0 spiro atoms. The van der Waals surface area contributed by atoms with E-state index in [0.29, 0.717) is 25.0 Å². The van der Waals surface area contributed by atoms with Crippen molar-refractivity contribution in [3.8, 4) is 5.75 Å². The number of carbonyl (C=O) groups excluding carboxylic acids is 1. The van der Waals surface area contributed by atoms with Crippen LogP contribution in [0.2, 0.25) is 0 Å². The lowest BCUT2D eigenvalue weighted by Crippen LogP contribution is -2.43. The summed E-state index contributed by atoms with van der Waals surface area (Å²) in [7, 11) is 0. The molecule has 0 bridgehead atoms. The van der Waals surface area contributed by atoms with Crippen LogP contribution in [0.4, 0.5) is 0 Å². The van der Waals surface area contributed by atoms with Crippen LogP contribution in [0.15, 0.2) is 23.2 Å². The lowest BCUT2D eigenvalue weighted by atomic mass is 10.1. The van der Waals surface area contributed by atoms with Crippen molar-refractivity contribution in [2.45, 2.75) is 46.6 Å². The number of benzene rings is 1. The second-order valence-corrected chi connectivity index (χ2v) is 6.76. The van der Waals surface area contributed by atoms with Gasteiger partial charge in [-0.1, -0.05) is 19.1 Å². The summed E-state index contributed by atoms with van der Waals surface area (Å²) < 4.78 is 6.00. The zero-order chi connectivity index (χ0) is 18.8. The van der Waals surface area contributed by atoms with Crippen LogP contribution in [0, 0.1) is 12.8 Å². The Morgan fingerprint density at radius 1 is 1.23 bits per heavy atom. The summed E-state index contributed by atoms with van der Waals surface area (Å²) in [5.41, 5.74) is 2.24. The van der Waals surface area contributed by atoms with Crippen molar-refractivity contribution < 1.29 is 9.53 Å². The van der Waals surface area contributed by atoms with Crippen LogP contribution in [0.25, 0.3) is 0 Å². The van der Waals surface area contributed by atoms with Gasteiger partial charge >= 0.3 is 0 Å². The van der Waals surface area contributed by atoms with Gasteiger partial charge in [0.1, 0.15) is 5.75 Å². The van der Waals surface area contributed by atoms with E-state index in [1.807, 2.05) is 13.8 Å². The van der Waals surface area contributed by atoms with Gasteiger partial charge in [-0.05, 0) is 50.7 Å². The van der Waals surface area contributed by atoms with Crippen LogP contribution in [0.1, 0.15) is 44.2 Å². The van der Waals surface area contributed by atoms with Crippen molar-refractivity contribution in [3.05, 3.63) is 29.3 Å². The van der Waals surface area contributed by atoms with Gasteiger partial charge in [0.25, 0.3) is 0 Å². The molecule has 3 N–H and O–H groups in total. The fraction of sp³-hybridized carbons (Fsp3) is 0.600. The summed E-state index contributed by atoms with van der Waals surface area (Å²) in [5, 5.41) is 9.10. The molecule has 26 heavy (non-hydrogen) atoms. The van der Waals surface area contributed by atoms with Crippen molar-refractivity contribution >= 4 is 11.9 Å². The third-order valence-electron chi connectivity index (χ3n) is 4.13. The third-order valence-corrected chi connectivity index (χ3v) is 4.13. The maximum Gasteiger partial charge on any atom is 0.239 e. The largest absolute Gasteiger partial charge is 0.493 e. The summed E-state index contributed by atoms with van der Waals surface area (Å²) in [6.07, 6.45) is 3.47.